The van der Waals surface area contributed by atoms with Crippen LogP contribution in [0.3, 0.4) is 0 Å². The van der Waals surface area contributed by atoms with Crippen LogP contribution in [0.25, 0.3) is 0 Å². The van der Waals surface area contributed by atoms with Gasteiger partial charge in [0, 0.05) is 40.0 Å². The second-order valence-electron chi connectivity index (χ2n) is 15.6. The van der Waals surface area contributed by atoms with E-state index in [4.69, 9.17) is 33.2 Å². The van der Waals surface area contributed by atoms with E-state index in [1.54, 1.807) is 55.4 Å². The Morgan fingerprint density at radius 2 is 1.31 bits per heavy atom. The average Bonchev–Trinajstić information content (AvgIpc) is 3.51. The molecule has 0 radical (unpaired) electrons. The fourth-order valence-electron chi connectivity index (χ4n) is 5.74. The highest BCUT2D eigenvalue weighted by atomic mass is 32.2. The van der Waals surface area contributed by atoms with Gasteiger partial charge in [0.15, 0.2) is 18.3 Å². The molecule has 0 aromatic rings. The van der Waals surface area contributed by atoms with Gasteiger partial charge in [-0.25, -0.2) is 9.59 Å². The quantitative estimate of drug-likeness (QED) is 0.189. The molecule has 3 amide bonds. The van der Waals surface area contributed by atoms with Crippen molar-refractivity contribution in [1.29, 1.82) is 0 Å². The van der Waals surface area contributed by atoms with Crippen LogP contribution in [0.5, 0.6) is 0 Å². The summed E-state index contributed by atoms with van der Waals surface area (Å²) in [6, 6.07) is -3.39. The Labute approximate surface area is 326 Å². The van der Waals surface area contributed by atoms with Crippen molar-refractivity contribution in [3.63, 3.8) is 0 Å². The molecule has 312 valence electrons. The molecule has 2 fully saturated rings. The van der Waals surface area contributed by atoms with E-state index in [1.807, 2.05) is 0 Å². The maximum atomic E-state index is 14.1. The van der Waals surface area contributed by atoms with E-state index in [9.17, 15) is 38.4 Å². The van der Waals surface area contributed by atoms with E-state index in [2.05, 4.69) is 10.6 Å². The van der Waals surface area contributed by atoms with Gasteiger partial charge < -0.3 is 48.7 Å². The zero-order valence-corrected chi connectivity index (χ0v) is 34.5. The number of likely N-dealkylation sites (tertiary alicyclic amines) is 1. The molecule has 0 spiro atoms. The predicted molar refractivity (Wildman–Crippen MR) is 195 cm³/mol. The van der Waals surface area contributed by atoms with Crippen LogP contribution in [0.2, 0.25) is 0 Å². The third-order valence-electron chi connectivity index (χ3n) is 7.83. The van der Waals surface area contributed by atoms with Crippen LogP contribution in [-0.2, 0) is 66.7 Å². The monoisotopic (exact) mass is 803 g/mol. The normalized spacial score (nSPS) is 23.8. The van der Waals surface area contributed by atoms with Crippen LogP contribution in [0.4, 0.5) is 4.79 Å². The van der Waals surface area contributed by atoms with Crippen molar-refractivity contribution in [2.75, 3.05) is 18.9 Å². The SMILES string of the molecule is CC(=O)OC[C@H]1O[C@@H](SC[C@H](NC(=O)OC(C)(C)C)C(=O)N[C@H](C(=O)N2CCC[C@H]2C(=O)OC(C)(C)C)C(C)C)[C@H](OC(C)=O)[C@@H](OC(C)=O)[C@@H]1OC(C)=O. The van der Waals surface area contributed by atoms with Crippen molar-refractivity contribution in [3.05, 3.63) is 0 Å². The summed E-state index contributed by atoms with van der Waals surface area (Å²) in [5.41, 5.74) is -3.01. The lowest BCUT2D eigenvalue weighted by atomic mass is 9.99. The molecule has 0 aromatic carbocycles. The second kappa shape index (κ2) is 20.2. The largest absolute Gasteiger partial charge is 0.463 e. The van der Waals surface area contributed by atoms with Gasteiger partial charge in [-0.3, -0.25) is 28.8 Å². The summed E-state index contributed by atoms with van der Waals surface area (Å²) in [7, 11) is 0. The van der Waals surface area contributed by atoms with Crippen LogP contribution in [0.15, 0.2) is 0 Å². The lowest BCUT2D eigenvalue weighted by Gasteiger charge is -2.44. The Morgan fingerprint density at radius 1 is 0.764 bits per heavy atom. The number of alkyl carbamates (subject to hydrolysis) is 1. The van der Waals surface area contributed by atoms with Gasteiger partial charge in [0.1, 0.15) is 47.5 Å². The fraction of sp³-hybridized carbons (Fsp3) is 0.778. The molecule has 2 aliphatic heterocycles. The molecule has 0 bridgehead atoms. The van der Waals surface area contributed by atoms with Gasteiger partial charge in [0.25, 0.3) is 0 Å². The molecule has 55 heavy (non-hydrogen) atoms. The first kappa shape index (κ1) is 47.0. The molecule has 2 saturated heterocycles. The van der Waals surface area contributed by atoms with Crippen molar-refractivity contribution in [2.24, 2.45) is 5.92 Å². The summed E-state index contributed by atoms with van der Waals surface area (Å²) in [4.78, 5) is 104. The van der Waals surface area contributed by atoms with Gasteiger partial charge in [-0.05, 0) is 60.3 Å². The third-order valence-corrected chi connectivity index (χ3v) is 9.06. The minimum atomic E-state index is -1.45. The number of ether oxygens (including phenoxy) is 7. The first-order valence-electron chi connectivity index (χ1n) is 18.0. The summed E-state index contributed by atoms with van der Waals surface area (Å²) in [5, 5.41) is 5.25. The Hall–Kier alpha value is -4.13. The van der Waals surface area contributed by atoms with Crippen molar-refractivity contribution >= 4 is 59.5 Å². The first-order valence-corrected chi connectivity index (χ1v) is 19.1. The van der Waals surface area contributed by atoms with Gasteiger partial charge in [-0.2, -0.15) is 0 Å². The lowest BCUT2D eigenvalue weighted by Crippen LogP contribution is -2.62. The number of esters is 5. The second-order valence-corrected chi connectivity index (χ2v) is 16.7. The molecule has 2 heterocycles. The molecule has 8 atom stereocenters. The highest BCUT2D eigenvalue weighted by Gasteiger charge is 2.52. The number of amides is 3. The van der Waals surface area contributed by atoms with Crippen LogP contribution < -0.4 is 10.6 Å². The summed E-state index contributed by atoms with van der Waals surface area (Å²) >= 11 is 0.853. The Balaban J connectivity index is 2.49. The van der Waals surface area contributed by atoms with Crippen molar-refractivity contribution in [1.82, 2.24) is 15.5 Å². The van der Waals surface area contributed by atoms with Crippen molar-refractivity contribution < 1.29 is 71.5 Å². The number of rotatable bonds is 14. The summed E-state index contributed by atoms with van der Waals surface area (Å²) < 4.78 is 38.7. The number of thioether (sulfide) groups is 1. The summed E-state index contributed by atoms with van der Waals surface area (Å²) in [6.07, 6.45) is -5.56. The van der Waals surface area contributed by atoms with Gasteiger partial charge >= 0.3 is 35.9 Å². The molecule has 18 nitrogen and oxygen atoms in total. The number of hydrogen-bond acceptors (Lipinski definition) is 16. The van der Waals surface area contributed by atoms with Crippen LogP contribution in [0.1, 0.15) is 95.9 Å². The van der Waals surface area contributed by atoms with Crippen molar-refractivity contribution in [2.45, 2.75) is 155 Å². The molecule has 2 N–H and O–H groups in total. The minimum Gasteiger partial charge on any atom is -0.463 e. The zero-order valence-electron chi connectivity index (χ0n) is 33.7. The smallest absolute Gasteiger partial charge is 0.408 e. The molecule has 0 saturated carbocycles. The van der Waals surface area contributed by atoms with Gasteiger partial charge in [0.05, 0.1) is 0 Å². The highest BCUT2D eigenvalue weighted by molar-refractivity contribution is 7.99. The Kier molecular flexibility index (Phi) is 17.2. The average molecular weight is 804 g/mol. The molecule has 0 aliphatic carbocycles. The van der Waals surface area contributed by atoms with Gasteiger partial charge in [-0.1, -0.05) is 13.8 Å². The zero-order chi connectivity index (χ0) is 42.0. The summed E-state index contributed by atoms with van der Waals surface area (Å²) in [6.45, 7) is 17.7. The number of nitrogens with one attached hydrogen (secondary N) is 2. The fourth-order valence-corrected chi connectivity index (χ4v) is 6.98. The molecule has 2 aliphatic rings. The van der Waals surface area contributed by atoms with Crippen molar-refractivity contribution in [3.8, 4) is 0 Å². The topological polar surface area (TPSA) is 228 Å². The Morgan fingerprint density at radius 3 is 1.82 bits per heavy atom. The maximum Gasteiger partial charge on any atom is 0.408 e. The van der Waals surface area contributed by atoms with Gasteiger partial charge in [0.2, 0.25) is 11.8 Å². The van der Waals surface area contributed by atoms with Crippen LogP contribution in [0, 0.1) is 5.92 Å². The molecule has 19 heteroatoms. The van der Waals surface area contributed by atoms with E-state index < -0.39 is 119 Å². The van der Waals surface area contributed by atoms with E-state index in [0.29, 0.717) is 12.8 Å². The summed E-state index contributed by atoms with van der Waals surface area (Å²) in [5.74, 6) is -5.78. The highest BCUT2D eigenvalue weighted by Crippen LogP contribution is 2.35. The van der Waals surface area contributed by atoms with E-state index in [-0.39, 0.29) is 12.3 Å². The third kappa shape index (κ3) is 15.5. The van der Waals surface area contributed by atoms with E-state index in [0.717, 1.165) is 39.5 Å². The molecule has 0 aromatic heterocycles. The van der Waals surface area contributed by atoms with Crippen LogP contribution in [-0.4, -0.2) is 131 Å². The number of carbonyl (C=O) groups excluding carboxylic acids is 8. The first-order chi connectivity index (χ1) is 25.3. The Bertz CT molecular complexity index is 1430. The number of carbonyl (C=O) groups is 8. The minimum absolute atomic E-state index is 0.264. The number of nitrogens with zero attached hydrogens (tertiary/aromatic N) is 1. The van der Waals surface area contributed by atoms with Crippen LogP contribution >= 0.6 is 11.8 Å². The standard InChI is InChI=1S/C36H57N3O15S/c1-18(2)26(31(45)39-15-13-14-24(39)32(46)53-35(7,8)9)38-30(44)23(37-34(47)54-36(10,11)12)17-55-33-29(51-22(6)43)28(50-21(5)42)27(49-20(4)41)25(52-33)16-48-19(3)40/h18,23-29,33H,13-17H2,1-12H3,(H,37,47)(H,38,44)/t23-,24-,25+,26-,27+,28-,29+,33-/m0/s1. The molecule has 2 rings (SSSR count). The molecule has 0 unspecified atom stereocenters. The van der Waals surface area contributed by atoms with Gasteiger partial charge in [-0.15, -0.1) is 11.8 Å². The molecular weight excluding hydrogens is 746 g/mol. The molecular formula is C36H57N3O15S. The predicted octanol–water partition coefficient (Wildman–Crippen LogP) is 2.17. The van der Waals surface area contributed by atoms with E-state index >= 15 is 0 Å². The number of hydrogen-bond donors (Lipinski definition) is 2. The maximum absolute atomic E-state index is 14.1. The lowest BCUT2D eigenvalue weighted by molar-refractivity contribution is -0.237. The van der Waals surface area contributed by atoms with E-state index in [1.165, 1.54) is 4.90 Å².